The first-order valence-corrected chi connectivity index (χ1v) is 9.62. The van der Waals surface area contributed by atoms with E-state index in [9.17, 15) is 0 Å². The molecule has 0 radical (unpaired) electrons. The van der Waals surface area contributed by atoms with E-state index in [1.165, 1.54) is 47.4 Å². The van der Waals surface area contributed by atoms with Gasteiger partial charge in [0.15, 0.2) is 0 Å². The molecule has 0 spiro atoms. The van der Waals surface area contributed by atoms with Crippen LogP contribution in [0.1, 0.15) is 50.8 Å². The second-order valence-corrected chi connectivity index (χ2v) is 6.99. The largest absolute Gasteiger partial charge is 0.490 e. The van der Waals surface area contributed by atoms with Gasteiger partial charge in [-0.25, -0.2) is 0 Å². The smallest absolute Gasteiger partial charge is 0.119 e. The van der Waals surface area contributed by atoms with Gasteiger partial charge in [-0.2, -0.15) is 0 Å². The van der Waals surface area contributed by atoms with Gasteiger partial charge in [0.25, 0.3) is 0 Å². The molecule has 0 atom stereocenters. The van der Waals surface area contributed by atoms with Crippen molar-refractivity contribution in [3.63, 3.8) is 0 Å². The van der Waals surface area contributed by atoms with E-state index < -0.39 is 0 Å². The first-order valence-electron chi connectivity index (χ1n) is 8.80. The number of allylic oxidation sites excluding steroid dienone is 1. The topological polar surface area (TPSA) is 9.23 Å². The van der Waals surface area contributed by atoms with E-state index in [0.717, 1.165) is 12.2 Å². The summed E-state index contributed by atoms with van der Waals surface area (Å²) >= 11 is 1.92. The van der Waals surface area contributed by atoms with Crippen molar-refractivity contribution in [2.24, 2.45) is 0 Å². The van der Waals surface area contributed by atoms with Gasteiger partial charge in [-0.3, -0.25) is 0 Å². The summed E-state index contributed by atoms with van der Waals surface area (Å²) in [7, 11) is 0. The van der Waals surface area contributed by atoms with E-state index in [-0.39, 0.29) is 0 Å². The van der Waals surface area contributed by atoms with Crippen LogP contribution in [0, 0.1) is 0 Å². The van der Waals surface area contributed by atoms with Crippen molar-refractivity contribution in [3.05, 3.63) is 53.4 Å². The highest BCUT2D eigenvalue weighted by molar-refractivity contribution is 7.15. The molecule has 1 nitrogen and oxygen atoms in total. The molecule has 2 rings (SSSR count). The molecule has 0 aliphatic rings. The summed E-state index contributed by atoms with van der Waals surface area (Å²) in [6.07, 6.45) is 11.7. The number of aryl methyl sites for hydroxylation is 1. The molecule has 23 heavy (non-hydrogen) atoms. The number of rotatable bonds is 10. The minimum atomic E-state index is 0.653. The molecule has 124 valence electrons. The minimum Gasteiger partial charge on any atom is -0.490 e. The number of ether oxygens (including phenoxy) is 1. The van der Waals surface area contributed by atoms with E-state index in [1.807, 2.05) is 11.3 Å². The van der Waals surface area contributed by atoms with Gasteiger partial charge in [0, 0.05) is 9.75 Å². The van der Waals surface area contributed by atoms with Crippen LogP contribution in [0.3, 0.4) is 0 Å². The summed E-state index contributed by atoms with van der Waals surface area (Å²) < 4.78 is 5.73. The Morgan fingerprint density at radius 3 is 2.48 bits per heavy atom. The predicted octanol–water partition coefficient (Wildman–Crippen LogP) is 6.88. The van der Waals surface area contributed by atoms with Gasteiger partial charge < -0.3 is 4.74 Å². The number of unbranched alkanes of at least 4 members (excludes halogenated alkanes) is 3. The van der Waals surface area contributed by atoms with E-state index in [0.29, 0.717) is 6.61 Å². The third kappa shape index (κ3) is 6.23. The average Bonchev–Trinajstić information content (AvgIpc) is 3.04. The van der Waals surface area contributed by atoms with Crippen molar-refractivity contribution in [1.29, 1.82) is 0 Å². The number of benzene rings is 1. The quantitative estimate of drug-likeness (QED) is 0.341. The summed E-state index contributed by atoms with van der Waals surface area (Å²) in [5.74, 6) is 0.939. The Hall–Kier alpha value is -1.54. The maximum absolute atomic E-state index is 5.73. The average molecular weight is 329 g/mol. The normalized spacial score (nSPS) is 11.2. The number of thiophene rings is 1. The Labute approximate surface area is 145 Å². The Kier molecular flexibility index (Phi) is 7.96. The Morgan fingerprint density at radius 1 is 0.913 bits per heavy atom. The molecule has 2 heteroatoms. The van der Waals surface area contributed by atoms with Crippen LogP contribution in [0.5, 0.6) is 5.75 Å². The van der Waals surface area contributed by atoms with Crippen LogP contribution in [0.15, 0.2) is 48.6 Å². The zero-order chi connectivity index (χ0) is 16.3. The molecule has 1 aromatic heterocycles. The monoisotopic (exact) mass is 328 g/mol. The third-order valence-corrected chi connectivity index (χ3v) is 4.99. The van der Waals surface area contributed by atoms with Crippen LogP contribution >= 0.6 is 11.3 Å². The molecular formula is C21H28OS. The van der Waals surface area contributed by atoms with Crippen LogP contribution in [0.4, 0.5) is 0 Å². The molecule has 0 saturated heterocycles. The lowest BCUT2D eigenvalue weighted by Crippen LogP contribution is -1.92. The third-order valence-electron chi connectivity index (χ3n) is 3.80. The summed E-state index contributed by atoms with van der Waals surface area (Å²) in [5, 5.41) is 0. The van der Waals surface area contributed by atoms with Crippen molar-refractivity contribution in [3.8, 4) is 16.2 Å². The van der Waals surface area contributed by atoms with Crippen molar-refractivity contribution < 1.29 is 4.74 Å². The predicted molar refractivity (Wildman–Crippen MR) is 103 cm³/mol. The molecule has 0 aliphatic heterocycles. The van der Waals surface area contributed by atoms with Crippen molar-refractivity contribution in [2.75, 3.05) is 6.61 Å². The van der Waals surface area contributed by atoms with Gasteiger partial charge in [0.05, 0.1) is 0 Å². The first-order chi connectivity index (χ1) is 11.3. The van der Waals surface area contributed by atoms with E-state index in [1.54, 1.807) is 0 Å². The lowest BCUT2D eigenvalue weighted by atomic mass is 10.1. The van der Waals surface area contributed by atoms with Gasteiger partial charge in [0.1, 0.15) is 12.4 Å². The van der Waals surface area contributed by atoms with Gasteiger partial charge in [-0.15, -0.1) is 11.3 Å². The summed E-state index contributed by atoms with van der Waals surface area (Å²) in [6.45, 7) is 5.09. The highest BCUT2D eigenvalue weighted by atomic mass is 32.1. The van der Waals surface area contributed by atoms with Gasteiger partial charge >= 0.3 is 0 Å². The molecule has 0 unspecified atom stereocenters. The maximum Gasteiger partial charge on any atom is 0.119 e. The van der Waals surface area contributed by atoms with Crippen LogP contribution in [0.2, 0.25) is 0 Å². The molecule has 0 N–H and O–H groups in total. The lowest BCUT2D eigenvalue weighted by molar-refractivity contribution is 0.362. The summed E-state index contributed by atoms with van der Waals surface area (Å²) in [6, 6.07) is 13.0. The molecule has 0 bridgehead atoms. The molecular weight excluding hydrogens is 300 g/mol. The minimum absolute atomic E-state index is 0.653. The molecule has 1 heterocycles. The van der Waals surface area contributed by atoms with Gasteiger partial charge in [-0.1, -0.05) is 45.3 Å². The number of hydrogen-bond acceptors (Lipinski definition) is 2. The Balaban J connectivity index is 1.86. The molecule has 0 saturated carbocycles. The van der Waals surface area contributed by atoms with Crippen LogP contribution in [-0.2, 0) is 6.42 Å². The summed E-state index contributed by atoms with van der Waals surface area (Å²) in [5.41, 5.74) is 1.28. The fourth-order valence-electron chi connectivity index (χ4n) is 2.43. The van der Waals surface area contributed by atoms with Crippen molar-refractivity contribution in [2.45, 2.75) is 52.4 Å². The molecule has 0 fully saturated rings. The SMILES string of the molecule is CCCC=CCOc1ccc(-c2ccc(CCCCC)s2)cc1. The molecule has 2 aromatic rings. The zero-order valence-electron chi connectivity index (χ0n) is 14.4. The molecule has 1 aromatic carbocycles. The van der Waals surface area contributed by atoms with Gasteiger partial charge in [-0.05, 0) is 61.2 Å². The maximum atomic E-state index is 5.73. The van der Waals surface area contributed by atoms with E-state index in [2.05, 4.69) is 62.4 Å². The summed E-state index contributed by atoms with van der Waals surface area (Å²) in [4.78, 5) is 2.85. The van der Waals surface area contributed by atoms with E-state index >= 15 is 0 Å². The van der Waals surface area contributed by atoms with Crippen molar-refractivity contribution >= 4 is 11.3 Å². The number of hydrogen-bond donors (Lipinski definition) is 0. The van der Waals surface area contributed by atoms with Crippen LogP contribution < -0.4 is 4.74 Å². The second-order valence-electron chi connectivity index (χ2n) is 5.82. The highest BCUT2D eigenvalue weighted by Crippen LogP contribution is 2.30. The van der Waals surface area contributed by atoms with Crippen LogP contribution in [0.25, 0.3) is 10.4 Å². The van der Waals surface area contributed by atoms with Crippen molar-refractivity contribution in [1.82, 2.24) is 0 Å². The van der Waals surface area contributed by atoms with Gasteiger partial charge in [0.2, 0.25) is 0 Å². The Morgan fingerprint density at radius 2 is 1.74 bits per heavy atom. The highest BCUT2D eigenvalue weighted by Gasteiger charge is 2.03. The Bertz CT molecular complexity index is 580. The fourth-order valence-corrected chi connectivity index (χ4v) is 3.48. The lowest BCUT2D eigenvalue weighted by Gasteiger charge is -2.04. The molecule has 0 aliphatic carbocycles. The standard InChI is InChI=1S/C21H28OS/c1-3-5-7-9-17-22-19-13-11-18(12-14-19)21-16-15-20(23-21)10-8-6-4-2/h7,9,11-16H,3-6,8,10,17H2,1-2H3. The zero-order valence-corrected chi connectivity index (χ0v) is 15.2. The van der Waals surface area contributed by atoms with E-state index in [4.69, 9.17) is 4.74 Å². The second kappa shape index (κ2) is 10.3. The molecule has 0 amide bonds. The first kappa shape index (κ1) is 17.8. The van der Waals surface area contributed by atoms with Crippen LogP contribution in [-0.4, -0.2) is 6.61 Å². The fraction of sp³-hybridized carbons (Fsp3) is 0.429.